The maximum absolute atomic E-state index is 13.4. The van der Waals surface area contributed by atoms with Gasteiger partial charge < -0.3 is 20.3 Å². The van der Waals surface area contributed by atoms with Crippen molar-refractivity contribution in [1.29, 1.82) is 0 Å². The maximum Gasteiger partial charge on any atom is 0.262 e. The molecule has 0 spiro atoms. The Morgan fingerprint density at radius 1 is 1.10 bits per heavy atom. The molecular weight excluding hydrogens is 392 g/mol. The highest BCUT2D eigenvalue weighted by Crippen LogP contribution is 2.41. The van der Waals surface area contributed by atoms with Gasteiger partial charge in [-0.2, -0.15) is 0 Å². The highest BCUT2D eigenvalue weighted by Gasteiger charge is 2.34. The van der Waals surface area contributed by atoms with Crippen molar-refractivity contribution in [2.24, 2.45) is 0 Å². The normalized spacial score (nSPS) is 15.6. The van der Waals surface area contributed by atoms with Crippen molar-refractivity contribution in [1.82, 2.24) is 0 Å². The van der Waals surface area contributed by atoms with Crippen LogP contribution >= 0.6 is 11.6 Å². The van der Waals surface area contributed by atoms with Crippen molar-refractivity contribution in [3.63, 3.8) is 0 Å². The Morgan fingerprint density at radius 2 is 1.83 bits per heavy atom. The first kappa shape index (κ1) is 19.0. The summed E-state index contributed by atoms with van der Waals surface area (Å²) in [5.41, 5.74) is 2.39. The fraction of sp³-hybridized carbons (Fsp3) is 0.136. The van der Waals surface area contributed by atoms with Gasteiger partial charge >= 0.3 is 0 Å². The summed E-state index contributed by atoms with van der Waals surface area (Å²) in [5.74, 6) is -0.244. The van der Waals surface area contributed by atoms with E-state index in [9.17, 15) is 15.0 Å². The van der Waals surface area contributed by atoms with Gasteiger partial charge in [0.25, 0.3) is 5.91 Å². The summed E-state index contributed by atoms with van der Waals surface area (Å²) in [6.45, 7) is 2.45. The molecule has 3 aromatic carbocycles. The summed E-state index contributed by atoms with van der Waals surface area (Å²) in [5, 5.41) is 23.2. The SMILES string of the molecule is CCOc1ccc(N2C(=O)c3ccccc3NC2c2cc(O)c(O)c(Cl)c2)cc1. The van der Waals surface area contributed by atoms with Crippen molar-refractivity contribution >= 4 is 28.9 Å². The third-order valence-electron chi connectivity index (χ3n) is 4.73. The summed E-state index contributed by atoms with van der Waals surface area (Å²) in [7, 11) is 0. The Labute approximate surface area is 172 Å². The molecule has 7 heteroatoms. The number of carbonyl (C=O) groups excluding carboxylic acids is 1. The molecule has 4 rings (SSSR count). The van der Waals surface area contributed by atoms with Gasteiger partial charge in [0.05, 0.1) is 17.2 Å². The number of phenols is 2. The van der Waals surface area contributed by atoms with Crippen LogP contribution in [0.5, 0.6) is 17.2 Å². The number of hydrogen-bond donors (Lipinski definition) is 3. The zero-order valence-electron chi connectivity index (χ0n) is 15.6. The molecule has 0 saturated heterocycles. The van der Waals surface area contributed by atoms with E-state index in [2.05, 4.69) is 5.32 Å². The van der Waals surface area contributed by atoms with Crippen LogP contribution in [0, 0.1) is 0 Å². The number of rotatable bonds is 4. The van der Waals surface area contributed by atoms with E-state index in [1.165, 1.54) is 12.1 Å². The quantitative estimate of drug-likeness (QED) is 0.532. The molecule has 0 saturated carbocycles. The molecule has 6 nitrogen and oxygen atoms in total. The van der Waals surface area contributed by atoms with Crippen LogP contribution in [0.4, 0.5) is 11.4 Å². The van der Waals surface area contributed by atoms with E-state index in [1.54, 1.807) is 41.3 Å². The molecule has 0 aliphatic carbocycles. The van der Waals surface area contributed by atoms with E-state index in [0.717, 1.165) is 0 Å². The minimum absolute atomic E-state index is 0.000230. The van der Waals surface area contributed by atoms with Crippen molar-refractivity contribution in [2.75, 3.05) is 16.8 Å². The number of anilines is 2. The molecule has 3 aromatic rings. The predicted molar refractivity (Wildman–Crippen MR) is 112 cm³/mol. The molecule has 0 bridgehead atoms. The Bertz CT molecular complexity index is 1050. The lowest BCUT2D eigenvalue weighted by Crippen LogP contribution is -2.43. The van der Waals surface area contributed by atoms with Crippen molar-refractivity contribution in [3.8, 4) is 17.2 Å². The Morgan fingerprint density at radius 3 is 2.52 bits per heavy atom. The molecule has 1 heterocycles. The van der Waals surface area contributed by atoms with Crippen LogP contribution in [0.1, 0.15) is 29.0 Å². The zero-order valence-corrected chi connectivity index (χ0v) is 16.3. The van der Waals surface area contributed by atoms with Gasteiger partial charge in [-0.3, -0.25) is 9.69 Å². The highest BCUT2D eigenvalue weighted by atomic mass is 35.5. The number of nitrogens with one attached hydrogen (secondary N) is 1. The summed E-state index contributed by atoms with van der Waals surface area (Å²) < 4.78 is 5.49. The average Bonchev–Trinajstić information content (AvgIpc) is 2.72. The molecule has 3 N–H and O–H groups in total. The molecule has 1 unspecified atom stereocenters. The Hall–Kier alpha value is -3.38. The van der Waals surface area contributed by atoms with Crippen LogP contribution < -0.4 is 15.0 Å². The van der Waals surface area contributed by atoms with Gasteiger partial charge in [0.2, 0.25) is 0 Å². The van der Waals surface area contributed by atoms with E-state index in [-0.39, 0.29) is 16.7 Å². The molecule has 1 atom stereocenters. The predicted octanol–water partition coefficient (Wildman–Crippen LogP) is 4.92. The van der Waals surface area contributed by atoms with Gasteiger partial charge in [-0.25, -0.2) is 0 Å². The number of hydrogen-bond acceptors (Lipinski definition) is 5. The molecule has 148 valence electrons. The number of benzene rings is 3. The first-order chi connectivity index (χ1) is 14.0. The summed E-state index contributed by atoms with van der Waals surface area (Å²) in [6, 6.07) is 17.3. The number of nitrogens with zero attached hydrogens (tertiary/aromatic N) is 1. The van der Waals surface area contributed by atoms with Crippen molar-refractivity contribution < 1.29 is 19.7 Å². The largest absolute Gasteiger partial charge is 0.504 e. The lowest BCUT2D eigenvalue weighted by Gasteiger charge is -2.38. The monoisotopic (exact) mass is 410 g/mol. The van der Waals surface area contributed by atoms with Crippen molar-refractivity contribution in [2.45, 2.75) is 13.1 Å². The third-order valence-corrected chi connectivity index (χ3v) is 5.02. The van der Waals surface area contributed by atoms with Gasteiger partial charge in [0.1, 0.15) is 11.9 Å². The Kier molecular flexibility index (Phi) is 4.94. The first-order valence-corrected chi connectivity index (χ1v) is 9.50. The second-order valence-electron chi connectivity index (χ2n) is 6.56. The number of phenolic OH excluding ortho intramolecular Hbond substituents is 2. The van der Waals surface area contributed by atoms with E-state index in [4.69, 9.17) is 16.3 Å². The maximum atomic E-state index is 13.4. The minimum Gasteiger partial charge on any atom is -0.504 e. The van der Waals surface area contributed by atoms with Gasteiger partial charge in [-0.05, 0) is 55.5 Å². The second kappa shape index (κ2) is 7.56. The van der Waals surface area contributed by atoms with Crippen LogP contribution in [0.15, 0.2) is 60.7 Å². The summed E-state index contributed by atoms with van der Waals surface area (Å²) >= 11 is 6.07. The number of ether oxygens (including phenoxy) is 1. The third kappa shape index (κ3) is 3.43. The molecule has 0 radical (unpaired) electrons. The lowest BCUT2D eigenvalue weighted by atomic mass is 10.0. The van der Waals surface area contributed by atoms with E-state index < -0.39 is 11.9 Å². The van der Waals surface area contributed by atoms with E-state index >= 15 is 0 Å². The lowest BCUT2D eigenvalue weighted by molar-refractivity contribution is 0.0975. The van der Waals surface area contributed by atoms with Crippen LogP contribution in [0.3, 0.4) is 0 Å². The molecule has 1 aliphatic heterocycles. The Balaban J connectivity index is 1.83. The van der Waals surface area contributed by atoms with Gasteiger partial charge in [-0.15, -0.1) is 0 Å². The molecule has 1 amide bonds. The van der Waals surface area contributed by atoms with Crippen LogP contribution in [0.25, 0.3) is 0 Å². The first-order valence-electron chi connectivity index (χ1n) is 9.13. The zero-order chi connectivity index (χ0) is 20.5. The number of carbonyl (C=O) groups is 1. The van der Waals surface area contributed by atoms with Gasteiger partial charge in [-0.1, -0.05) is 23.7 Å². The minimum atomic E-state index is -0.639. The highest BCUT2D eigenvalue weighted by molar-refractivity contribution is 6.32. The molecule has 29 heavy (non-hydrogen) atoms. The van der Waals surface area contributed by atoms with Crippen molar-refractivity contribution in [3.05, 3.63) is 76.8 Å². The van der Waals surface area contributed by atoms with Crippen LogP contribution in [-0.2, 0) is 0 Å². The fourth-order valence-electron chi connectivity index (χ4n) is 3.39. The number of halogens is 1. The molecule has 1 aliphatic rings. The van der Waals surface area contributed by atoms with Crippen LogP contribution in [0.2, 0.25) is 5.02 Å². The van der Waals surface area contributed by atoms with Gasteiger partial charge in [0.15, 0.2) is 11.5 Å². The topological polar surface area (TPSA) is 82.0 Å². The number of para-hydroxylation sites is 1. The van der Waals surface area contributed by atoms with Crippen LogP contribution in [-0.4, -0.2) is 22.7 Å². The number of aromatic hydroxyl groups is 2. The van der Waals surface area contributed by atoms with Gasteiger partial charge in [0, 0.05) is 16.9 Å². The van der Waals surface area contributed by atoms with E-state index in [1.807, 2.05) is 19.1 Å². The summed E-state index contributed by atoms with van der Waals surface area (Å²) in [4.78, 5) is 14.9. The average molecular weight is 411 g/mol. The van der Waals surface area contributed by atoms with E-state index in [0.29, 0.717) is 34.9 Å². The summed E-state index contributed by atoms with van der Waals surface area (Å²) in [6.07, 6.45) is -0.639. The standard InChI is InChI=1S/C22H19ClN2O4/c1-2-29-15-9-7-14(8-10-15)25-21(13-11-17(23)20(27)19(26)12-13)24-18-6-4-3-5-16(18)22(25)28/h3-12,21,24,26-27H,2H2,1H3. The number of fused-ring (bicyclic) bond motifs is 1. The number of amides is 1. The fourth-order valence-corrected chi connectivity index (χ4v) is 3.61. The molecule has 0 fully saturated rings. The molecular formula is C22H19ClN2O4. The smallest absolute Gasteiger partial charge is 0.262 e. The second-order valence-corrected chi connectivity index (χ2v) is 6.97. The molecule has 0 aromatic heterocycles.